The molecule has 0 radical (unpaired) electrons. The lowest BCUT2D eigenvalue weighted by atomic mass is 9.92. The standard InChI is InChI=1S/C17H24ClN3O2/c1-17(2,3)9-15(22)20-11-4-5-14(18)13(8-11)16(23)21-12-6-7-19-10-12/h4-5,8,12,19H,6-7,9-10H2,1-3H3,(H,20,22)(H,21,23). The number of halogens is 1. The fourth-order valence-electron chi connectivity index (χ4n) is 2.50. The van der Waals surface area contributed by atoms with E-state index in [9.17, 15) is 9.59 Å². The first-order valence-corrected chi connectivity index (χ1v) is 8.23. The summed E-state index contributed by atoms with van der Waals surface area (Å²) in [5.41, 5.74) is 0.872. The van der Waals surface area contributed by atoms with Crippen molar-refractivity contribution < 1.29 is 9.59 Å². The number of amides is 2. The Morgan fingerprint density at radius 2 is 2.09 bits per heavy atom. The van der Waals surface area contributed by atoms with Gasteiger partial charge in [-0.3, -0.25) is 9.59 Å². The van der Waals surface area contributed by atoms with E-state index in [0.717, 1.165) is 19.5 Å². The van der Waals surface area contributed by atoms with Gasteiger partial charge in [0, 0.05) is 24.7 Å². The third-order valence-corrected chi connectivity index (χ3v) is 3.91. The Morgan fingerprint density at radius 1 is 1.35 bits per heavy atom. The summed E-state index contributed by atoms with van der Waals surface area (Å²) in [5.74, 6) is -0.290. The smallest absolute Gasteiger partial charge is 0.253 e. The van der Waals surface area contributed by atoms with Crippen molar-refractivity contribution in [3.05, 3.63) is 28.8 Å². The molecule has 0 saturated carbocycles. The quantitative estimate of drug-likeness (QED) is 0.791. The van der Waals surface area contributed by atoms with Crippen LogP contribution in [0.3, 0.4) is 0 Å². The molecule has 126 valence electrons. The number of carbonyl (C=O) groups is 2. The van der Waals surface area contributed by atoms with Crippen molar-refractivity contribution in [3.63, 3.8) is 0 Å². The minimum atomic E-state index is -0.212. The lowest BCUT2D eigenvalue weighted by Gasteiger charge is -2.18. The fraction of sp³-hybridized carbons (Fsp3) is 0.529. The summed E-state index contributed by atoms with van der Waals surface area (Å²) in [4.78, 5) is 24.4. The topological polar surface area (TPSA) is 70.2 Å². The van der Waals surface area contributed by atoms with Gasteiger partial charge in [-0.1, -0.05) is 32.4 Å². The zero-order valence-corrected chi connectivity index (χ0v) is 14.6. The second kappa shape index (κ2) is 7.32. The number of anilines is 1. The van der Waals surface area contributed by atoms with Crippen LogP contribution >= 0.6 is 11.6 Å². The van der Waals surface area contributed by atoms with Gasteiger partial charge in [0.25, 0.3) is 5.91 Å². The van der Waals surface area contributed by atoms with Gasteiger partial charge in [0.2, 0.25) is 5.91 Å². The van der Waals surface area contributed by atoms with Crippen molar-refractivity contribution in [2.75, 3.05) is 18.4 Å². The van der Waals surface area contributed by atoms with Crippen LogP contribution in [-0.2, 0) is 4.79 Å². The second-order valence-corrected chi connectivity index (χ2v) is 7.55. The van der Waals surface area contributed by atoms with E-state index in [1.807, 2.05) is 20.8 Å². The number of hydrogen-bond donors (Lipinski definition) is 3. The first kappa shape index (κ1) is 17.8. The molecule has 1 heterocycles. The summed E-state index contributed by atoms with van der Waals surface area (Å²) in [6.07, 6.45) is 1.32. The molecule has 0 aliphatic carbocycles. The average molecular weight is 338 g/mol. The van der Waals surface area contributed by atoms with Gasteiger partial charge in [0.15, 0.2) is 0 Å². The molecule has 1 fully saturated rings. The van der Waals surface area contributed by atoms with Crippen LogP contribution in [0.1, 0.15) is 44.0 Å². The summed E-state index contributed by atoms with van der Waals surface area (Å²) in [6, 6.07) is 5.09. The van der Waals surface area contributed by atoms with E-state index in [2.05, 4.69) is 16.0 Å². The van der Waals surface area contributed by atoms with Crippen LogP contribution < -0.4 is 16.0 Å². The summed E-state index contributed by atoms with van der Waals surface area (Å²) in [6.45, 7) is 7.68. The van der Waals surface area contributed by atoms with Crippen LogP contribution in [0.25, 0.3) is 0 Å². The van der Waals surface area contributed by atoms with E-state index >= 15 is 0 Å². The minimum absolute atomic E-state index is 0.0776. The summed E-state index contributed by atoms with van der Waals surface area (Å²) < 4.78 is 0. The molecule has 1 aromatic carbocycles. The number of carbonyl (C=O) groups excluding carboxylic acids is 2. The molecule has 1 aliphatic rings. The second-order valence-electron chi connectivity index (χ2n) is 7.14. The number of benzene rings is 1. The maximum atomic E-state index is 12.4. The Balaban J connectivity index is 2.05. The van der Waals surface area contributed by atoms with Gasteiger partial charge >= 0.3 is 0 Å². The number of rotatable bonds is 4. The molecule has 5 nitrogen and oxygen atoms in total. The predicted molar refractivity (Wildman–Crippen MR) is 92.9 cm³/mol. The third-order valence-electron chi connectivity index (χ3n) is 3.58. The highest BCUT2D eigenvalue weighted by atomic mass is 35.5. The fourth-order valence-corrected chi connectivity index (χ4v) is 2.71. The maximum absolute atomic E-state index is 12.4. The van der Waals surface area contributed by atoms with E-state index in [4.69, 9.17) is 11.6 Å². The molecule has 1 aliphatic heterocycles. The Labute approximate surface area is 142 Å². The first-order chi connectivity index (χ1) is 10.7. The highest BCUT2D eigenvalue weighted by Gasteiger charge is 2.20. The Kier molecular flexibility index (Phi) is 5.65. The van der Waals surface area contributed by atoms with Crippen molar-refractivity contribution in [1.82, 2.24) is 10.6 Å². The zero-order valence-electron chi connectivity index (χ0n) is 13.8. The average Bonchev–Trinajstić information content (AvgIpc) is 2.91. The molecular weight excluding hydrogens is 314 g/mol. The summed E-state index contributed by atoms with van der Waals surface area (Å²) in [7, 11) is 0. The van der Waals surface area contributed by atoms with Gasteiger partial charge in [-0.2, -0.15) is 0 Å². The highest BCUT2D eigenvalue weighted by Crippen LogP contribution is 2.23. The van der Waals surface area contributed by atoms with E-state index in [1.54, 1.807) is 18.2 Å². The Morgan fingerprint density at radius 3 is 2.70 bits per heavy atom. The van der Waals surface area contributed by atoms with Gasteiger partial charge in [0.1, 0.15) is 0 Å². The van der Waals surface area contributed by atoms with Gasteiger partial charge in [0.05, 0.1) is 10.6 Å². The largest absolute Gasteiger partial charge is 0.348 e. The van der Waals surface area contributed by atoms with E-state index in [0.29, 0.717) is 22.7 Å². The normalized spacial score (nSPS) is 17.8. The SMILES string of the molecule is CC(C)(C)CC(=O)Nc1ccc(Cl)c(C(=O)NC2CCNC2)c1. The molecule has 2 rings (SSSR count). The molecule has 0 bridgehead atoms. The molecular formula is C17H24ClN3O2. The zero-order chi connectivity index (χ0) is 17.0. The Hall–Kier alpha value is -1.59. The van der Waals surface area contributed by atoms with Gasteiger partial charge in [-0.25, -0.2) is 0 Å². The summed E-state index contributed by atoms with van der Waals surface area (Å²) in [5, 5.41) is 9.36. The van der Waals surface area contributed by atoms with Crippen molar-refractivity contribution in [3.8, 4) is 0 Å². The number of hydrogen-bond acceptors (Lipinski definition) is 3. The lowest BCUT2D eigenvalue weighted by molar-refractivity contribution is -0.117. The van der Waals surface area contributed by atoms with Crippen LogP contribution in [0.15, 0.2) is 18.2 Å². The van der Waals surface area contributed by atoms with Gasteiger partial charge < -0.3 is 16.0 Å². The van der Waals surface area contributed by atoms with Crippen LogP contribution in [0.5, 0.6) is 0 Å². The van der Waals surface area contributed by atoms with Gasteiger partial charge in [-0.05, 0) is 36.6 Å². The van der Waals surface area contributed by atoms with Crippen LogP contribution in [0, 0.1) is 5.41 Å². The highest BCUT2D eigenvalue weighted by molar-refractivity contribution is 6.34. The Bertz CT molecular complexity index is 590. The molecule has 3 N–H and O–H groups in total. The monoisotopic (exact) mass is 337 g/mol. The van der Waals surface area contributed by atoms with Crippen LogP contribution in [0.4, 0.5) is 5.69 Å². The van der Waals surface area contributed by atoms with Crippen LogP contribution in [-0.4, -0.2) is 30.9 Å². The summed E-state index contributed by atoms with van der Waals surface area (Å²) >= 11 is 6.13. The van der Waals surface area contributed by atoms with Crippen molar-refractivity contribution in [1.29, 1.82) is 0 Å². The van der Waals surface area contributed by atoms with Crippen molar-refractivity contribution >= 4 is 29.1 Å². The minimum Gasteiger partial charge on any atom is -0.348 e. The molecule has 1 aromatic rings. The predicted octanol–water partition coefficient (Wildman–Crippen LogP) is 2.81. The third kappa shape index (κ3) is 5.52. The lowest BCUT2D eigenvalue weighted by Crippen LogP contribution is -2.36. The van der Waals surface area contributed by atoms with Gasteiger partial charge in [-0.15, -0.1) is 0 Å². The van der Waals surface area contributed by atoms with Crippen LogP contribution in [0.2, 0.25) is 5.02 Å². The molecule has 23 heavy (non-hydrogen) atoms. The molecule has 1 atom stereocenters. The molecule has 2 amide bonds. The first-order valence-electron chi connectivity index (χ1n) is 7.85. The van der Waals surface area contributed by atoms with E-state index in [1.165, 1.54) is 0 Å². The molecule has 1 unspecified atom stereocenters. The maximum Gasteiger partial charge on any atom is 0.253 e. The number of nitrogens with one attached hydrogen (secondary N) is 3. The van der Waals surface area contributed by atoms with E-state index in [-0.39, 0.29) is 23.3 Å². The molecule has 1 saturated heterocycles. The van der Waals surface area contributed by atoms with Crippen molar-refractivity contribution in [2.45, 2.75) is 39.7 Å². The molecule has 0 spiro atoms. The molecule has 6 heteroatoms. The van der Waals surface area contributed by atoms with Crippen molar-refractivity contribution in [2.24, 2.45) is 5.41 Å². The molecule has 0 aromatic heterocycles. The van der Waals surface area contributed by atoms with E-state index < -0.39 is 0 Å².